The number of carbonyl (C=O) groups is 2. The van der Waals surface area contributed by atoms with E-state index >= 15 is 0 Å². The second-order valence-corrected chi connectivity index (χ2v) is 4.19. The lowest BCUT2D eigenvalue weighted by Crippen LogP contribution is -2.43. The predicted octanol–water partition coefficient (Wildman–Crippen LogP) is 0.363. The molecule has 1 unspecified atom stereocenters. The highest BCUT2D eigenvalue weighted by Crippen LogP contribution is 2.14. The van der Waals surface area contributed by atoms with Gasteiger partial charge in [0.2, 0.25) is 0 Å². The van der Waals surface area contributed by atoms with Crippen LogP contribution < -0.4 is 16.0 Å². The summed E-state index contributed by atoms with van der Waals surface area (Å²) in [5.41, 5.74) is 1.49. The Hall–Kier alpha value is -2.12. The third-order valence-corrected chi connectivity index (χ3v) is 2.65. The molecule has 0 aliphatic rings. The number of aliphatic hydroxyl groups is 1. The highest BCUT2D eigenvalue weighted by Gasteiger charge is 2.19. The molecule has 110 valence electrons. The van der Waals surface area contributed by atoms with E-state index in [9.17, 15) is 9.59 Å². The van der Waals surface area contributed by atoms with Crippen molar-refractivity contribution in [3.8, 4) is 0 Å². The fourth-order valence-electron chi connectivity index (χ4n) is 1.69. The topological polar surface area (TPSA) is 111 Å². The van der Waals surface area contributed by atoms with Crippen molar-refractivity contribution in [3.63, 3.8) is 0 Å². The molecule has 0 spiro atoms. The number of urea groups is 1. The van der Waals surface area contributed by atoms with Crippen LogP contribution in [0.1, 0.15) is 12.0 Å². The highest BCUT2D eigenvalue weighted by atomic mass is 16.4. The van der Waals surface area contributed by atoms with Gasteiger partial charge in [-0.15, -0.1) is 0 Å². The smallest absolute Gasteiger partial charge is 0.326 e. The van der Waals surface area contributed by atoms with Gasteiger partial charge in [0.25, 0.3) is 0 Å². The van der Waals surface area contributed by atoms with Crippen molar-refractivity contribution in [3.05, 3.63) is 29.8 Å². The zero-order valence-corrected chi connectivity index (χ0v) is 11.2. The Morgan fingerprint density at radius 2 is 2.00 bits per heavy atom. The first kappa shape index (κ1) is 15.9. The van der Waals surface area contributed by atoms with E-state index in [2.05, 4.69) is 16.0 Å². The van der Waals surface area contributed by atoms with Gasteiger partial charge in [-0.3, -0.25) is 0 Å². The first-order valence-corrected chi connectivity index (χ1v) is 6.22. The van der Waals surface area contributed by atoms with Gasteiger partial charge in [-0.1, -0.05) is 18.2 Å². The molecule has 0 saturated heterocycles. The molecule has 1 aromatic rings. The van der Waals surface area contributed by atoms with Gasteiger partial charge in [0.05, 0.1) is 0 Å². The second-order valence-electron chi connectivity index (χ2n) is 4.19. The van der Waals surface area contributed by atoms with Gasteiger partial charge in [-0.2, -0.15) is 0 Å². The molecular weight excluding hydrogens is 262 g/mol. The maximum Gasteiger partial charge on any atom is 0.326 e. The number of carboxylic acid groups (broad SMARTS) is 1. The Labute approximate surface area is 117 Å². The van der Waals surface area contributed by atoms with Crippen molar-refractivity contribution in [1.29, 1.82) is 0 Å². The molecule has 0 saturated carbocycles. The number of aliphatic hydroxyl groups excluding tert-OH is 1. The van der Waals surface area contributed by atoms with Crippen LogP contribution in [0.4, 0.5) is 10.5 Å². The van der Waals surface area contributed by atoms with Crippen molar-refractivity contribution < 1.29 is 19.8 Å². The molecule has 2 amide bonds. The molecule has 1 atom stereocenters. The Kier molecular flexibility index (Phi) is 6.48. The van der Waals surface area contributed by atoms with E-state index in [-0.39, 0.29) is 13.0 Å². The fraction of sp³-hybridized carbons (Fsp3) is 0.385. The number of nitrogens with one attached hydrogen (secondary N) is 3. The molecule has 0 fully saturated rings. The maximum absolute atomic E-state index is 11.8. The average molecular weight is 281 g/mol. The van der Waals surface area contributed by atoms with Gasteiger partial charge in [0.1, 0.15) is 6.04 Å². The van der Waals surface area contributed by atoms with E-state index in [1.165, 1.54) is 0 Å². The summed E-state index contributed by atoms with van der Waals surface area (Å²) in [6.07, 6.45) is -0.0408. The molecule has 0 aliphatic carbocycles. The largest absolute Gasteiger partial charge is 0.480 e. The number of para-hydroxylation sites is 1. The number of amides is 2. The number of hydrogen-bond acceptors (Lipinski definition) is 4. The summed E-state index contributed by atoms with van der Waals surface area (Å²) in [7, 11) is 1.79. The van der Waals surface area contributed by atoms with Crippen LogP contribution in [0.5, 0.6) is 0 Å². The van der Waals surface area contributed by atoms with E-state index < -0.39 is 18.0 Å². The van der Waals surface area contributed by atoms with Crippen LogP contribution in [-0.4, -0.2) is 41.9 Å². The minimum Gasteiger partial charge on any atom is -0.480 e. The third-order valence-electron chi connectivity index (χ3n) is 2.65. The van der Waals surface area contributed by atoms with Gasteiger partial charge in [0, 0.05) is 25.3 Å². The number of benzene rings is 1. The summed E-state index contributed by atoms with van der Waals surface area (Å²) in [5.74, 6) is -1.18. The minimum atomic E-state index is -1.18. The lowest BCUT2D eigenvalue weighted by Gasteiger charge is -2.15. The van der Waals surface area contributed by atoms with Crippen molar-refractivity contribution in [2.75, 3.05) is 19.0 Å². The lowest BCUT2D eigenvalue weighted by molar-refractivity contribution is -0.139. The van der Waals surface area contributed by atoms with Crippen LogP contribution >= 0.6 is 0 Å². The normalized spacial score (nSPS) is 11.7. The Bertz CT molecular complexity index is 465. The van der Waals surface area contributed by atoms with Crippen LogP contribution in [0, 0.1) is 0 Å². The van der Waals surface area contributed by atoms with Gasteiger partial charge in [0.15, 0.2) is 0 Å². The first-order valence-electron chi connectivity index (χ1n) is 6.22. The van der Waals surface area contributed by atoms with Crippen LogP contribution in [0.25, 0.3) is 0 Å². The van der Waals surface area contributed by atoms with Gasteiger partial charge >= 0.3 is 12.0 Å². The zero-order valence-electron chi connectivity index (χ0n) is 11.2. The summed E-state index contributed by atoms with van der Waals surface area (Å²) in [6, 6.07) is 5.48. The molecule has 0 radical (unpaired) electrons. The van der Waals surface area contributed by atoms with Crippen LogP contribution in [-0.2, 0) is 11.3 Å². The van der Waals surface area contributed by atoms with Gasteiger partial charge in [-0.25, -0.2) is 9.59 Å². The number of rotatable bonds is 7. The highest BCUT2D eigenvalue weighted by molar-refractivity contribution is 5.92. The van der Waals surface area contributed by atoms with E-state index in [0.29, 0.717) is 12.2 Å². The third kappa shape index (κ3) is 4.87. The number of carboxylic acids is 1. The van der Waals surface area contributed by atoms with Crippen molar-refractivity contribution >= 4 is 17.7 Å². The number of anilines is 1. The molecule has 1 rings (SSSR count). The molecule has 5 N–H and O–H groups in total. The summed E-state index contributed by atoms with van der Waals surface area (Å²) in [5, 5.41) is 25.5. The summed E-state index contributed by atoms with van der Waals surface area (Å²) in [4.78, 5) is 22.7. The summed E-state index contributed by atoms with van der Waals surface area (Å²) < 4.78 is 0. The van der Waals surface area contributed by atoms with Gasteiger partial charge < -0.3 is 26.2 Å². The fourth-order valence-corrected chi connectivity index (χ4v) is 1.69. The molecule has 7 heteroatoms. The van der Waals surface area contributed by atoms with Gasteiger partial charge in [-0.05, 0) is 18.7 Å². The molecule has 20 heavy (non-hydrogen) atoms. The predicted molar refractivity (Wildman–Crippen MR) is 74.5 cm³/mol. The summed E-state index contributed by atoms with van der Waals surface area (Å²) >= 11 is 0. The molecule has 7 nitrogen and oxygen atoms in total. The lowest BCUT2D eigenvalue weighted by atomic mass is 10.2. The minimum absolute atomic E-state index is 0.0408. The van der Waals surface area contributed by atoms with E-state index in [0.717, 1.165) is 5.56 Å². The molecule has 0 bridgehead atoms. The van der Waals surface area contributed by atoms with E-state index in [4.69, 9.17) is 10.2 Å². The molecular formula is C13H19N3O4. The number of hydrogen-bond donors (Lipinski definition) is 5. The first-order chi connectivity index (χ1) is 9.58. The molecule has 1 aromatic carbocycles. The summed E-state index contributed by atoms with van der Waals surface area (Å²) in [6.45, 7) is 0.267. The molecule has 0 heterocycles. The van der Waals surface area contributed by atoms with Crippen LogP contribution in [0.2, 0.25) is 0 Å². The molecule has 0 aromatic heterocycles. The van der Waals surface area contributed by atoms with Crippen molar-refractivity contribution in [2.45, 2.75) is 19.0 Å². The molecule has 0 aliphatic heterocycles. The van der Waals surface area contributed by atoms with Crippen molar-refractivity contribution in [2.24, 2.45) is 0 Å². The van der Waals surface area contributed by atoms with Crippen LogP contribution in [0.3, 0.4) is 0 Å². The quantitative estimate of drug-likeness (QED) is 0.496. The maximum atomic E-state index is 11.8. The number of carbonyl (C=O) groups excluding carboxylic acids is 1. The SMILES string of the molecule is CNCc1ccccc1NC(=O)NC(CCO)C(=O)O. The monoisotopic (exact) mass is 281 g/mol. The van der Waals surface area contributed by atoms with Crippen LogP contribution in [0.15, 0.2) is 24.3 Å². The Morgan fingerprint density at radius 1 is 1.30 bits per heavy atom. The average Bonchev–Trinajstić information content (AvgIpc) is 2.40. The zero-order chi connectivity index (χ0) is 15.0. The standard InChI is InChI=1S/C13H19N3O4/c1-14-8-9-4-2-3-5-10(9)15-13(20)16-11(6-7-17)12(18)19/h2-5,11,14,17H,6-8H2,1H3,(H,18,19)(H2,15,16,20). The Morgan fingerprint density at radius 3 is 2.60 bits per heavy atom. The van der Waals surface area contributed by atoms with E-state index in [1.807, 2.05) is 12.1 Å². The second kappa shape index (κ2) is 8.13. The van der Waals surface area contributed by atoms with E-state index in [1.54, 1.807) is 19.2 Å². The Balaban J connectivity index is 2.68. The van der Waals surface area contributed by atoms with Crippen molar-refractivity contribution in [1.82, 2.24) is 10.6 Å². The number of aliphatic carboxylic acids is 1.